The molecule has 0 heterocycles. The lowest BCUT2D eigenvalue weighted by Crippen LogP contribution is -2.15. The van der Waals surface area contributed by atoms with Crippen LogP contribution in [0, 0.1) is 11.6 Å². The van der Waals surface area contributed by atoms with Crippen LogP contribution in [0.4, 0.5) is 20.2 Å². The Morgan fingerprint density at radius 1 is 1.00 bits per heavy atom. The zero-order valence-corrected chi connectivity index (χ0v) is 18.8. The van der Waals surface area contributed by atoms with E-state index in [1.807, 2.05) is 0 Å². The van der Waals surface area contributed by atoms with Gasteiger partial charge in [0, 0.05) is 24.4 Å². The standard InChI is InChI=1S/C22H19ClF2N2O5S/c1-31-10-11-32-21-9-5-16(13-19(21)25)26-22(28)14-2-8-18(23)20(12-14)27-33(29,30)17-6-3-15(24)4-7-17/h2-9,12-13,27H,10-11H2,1H3,(H,26,28). The molecular weight excluding hydrogens is 478 g/mol. The first-order valence-corrected chi connectivity index (χ1v) is 11.4. The number of rotatable bonds is 9. The third-order valence-electron chi connectivity index (χ3n) is 4.33. The number of benzene rings is 3. The van der Waals surface area contributed by atoms with Crippen molar-refractivity contribution in [3.05, 3.63) is 82.9 Å². The summed E-state index contributed by atoms with van der Waals surface area (Å²) >= 11 is 6.08. The molecule has 33 heavy (non-hydrogen) atoms. The molecule has 3 aromatic rings. The second kappa shape index (κ2) is 10.6. The predicted molar refractivity (Wildman–Crippen MR) is 120 cm³/mol. The Kier molecular flexibility index (Phi) is 7.85. The van der Waals surface area contributed by atoms with Gasteiger partial charge in [0.25, 0.3) is 15.9 Å². The third kappa shape index (κ3) is 6.41. The van der Waals surface area contributed by atoms with Crippen LogP contribution in [0.1, 0.15) is 10.4 Å². The fourth-order valence-corrected chi connectivity index (χ4v) is 3.99. The van der Waals surface area contributed by atoms with Crippen LogP contribution in [-0.2, 0) is 14.8 Å². The second-order valence-corrected chi connectivity index (χ2v) is 8.78. The van der Waals surface area contributed by atoms with Gasteiger partial charge in [-0.3, -0.25) is 9.52 Å². The Labute approximate surface area is 194 Å². The topological polar surface area (TPSA) is 93.7 Å². The molecule has 1 amide bonds. The van der Waals surface area contributed by atoms with Crippen molar-refractivity contribution in [3.8, 4) is 5.75 Å². The molecule has 0 aromatic heterocycles. The summed E-state index contributed by atoms with van der Waals surface area (Å²) in [6.07, 6.45) is 0. The van der Waals surface area contributed by atoms with Crippen LogP contribution in [-0.4, -0.2) is 34.6 Å². The molecule has 2 N–H and O–H groups in total. The molecule has 3 aromatic carbocycles. The molecule has 0 aliphatic rings. The molecule has 11 heteroatoms. The number of anilines is 2. The number of halogens is 3. The summed E-state index contributed by atoms with van der Waals surface area (Å²) in [7, 11) is -2.58. The molecule has 0 atom stereocenters. The van der Waals surface area contributed by atoms with Crippen LogP contribution < -0.4 is 14.8 Å². The summed E-state index contributed by atoms with van der Waals surface area (Å²) < 4.78 is 64.7. The van der Waals surface area contributed by atoms with Crippen molar-refractivity contribution < 1.29 is 31.5 Å². The monoisotopic (exact) mass is 496 g/mol. The SMILES string of the molecule is COCCOc1ccc(NC(=O)c2ccc(Cl)c(NS(=O)(=O)c3ccc(F)cc3)c2)cc1F. The summed E-state index contributed by atoms with van der Waals surface area (Å²) in [5.41, 5.74) is 0.179. The van der Waals surface area contributed by atoms with Gasteiger partial charge < -0.3 is 14.8 Å². The smallest absolute Gasteiger partial charge is 0.261 e. The molecule has 0 saturated heterocycles. The van der Waals surface area contributed by atoms with E-state index in [9.17, 15) is 22.0 Å². The zero-order valence-electron chi connectivity index (χ0n) is 17.3. The van der Waals surface area contributed by atoms with Gasteiger partial charge in [0.2, 0.25) is 0 Å². The number of sulfonamides is 1. The van der Waals surface area contributed by atoms with Crippen molar-refractivity contribution in [3.63, 3.8) is 0 Å². The number of hydrogen-bond donors (Lipinski definition) is 2. The van der Waals surface area contributed by atoms with E-state index in [1.54, 1.807) is 0 Å². The van der Waals surface area contributed by atoms with Crippen LogP contribution >= 0.6 is 11.6 Å². The number of hydrogen-bond acceptors (Lipinski definition) is 5. The quantitative estimate of drug-likeness (QED) is 0.419. The summed E-state index contributed by atoms with van der Waals surface area (Å²) in [6.45, 7) is 0.461. The molecule has 7 nitrogen and oxygen atoms in total. The Morgan fingerprint density at radius 2 is 1.73 bits per heavy atom. The largest absolute Gasteiger partial charge is 0.488 e. The van der Waals surface area contributed by atoms with Crippen molar-refractivity contribution in [1.29, 1.82) is 0 Å². The molecule has 0 unspecified atom stereocenters. The van der Waals surface area contributed by atoms with Crippen LogP contribution in [0.5, 0.6) is 5.75 Å². The van der Waals surface area contributed by atoms with Gasteiger partial charge in [-0.2, -0.15) is 0 Å². The summed E-state index contributed by atoms with van der Waals surface area (Å²) in [6, 6.07) is 12.1. The molecule has 0 saturated carbocycles. The van der Waals surface area contributed by atoms with Gasteiger partial charge in [0.05, 0.1) is 22.2 Å². The molecule has 0 aliphatic carbocycles. The Morgan fingerprint density at radius 3 is 2.39 bits per heavy atom. The maximum absolute atomic E-state index is 14.2. The van der Waals surface area contributed by atoms with E-state index in [-0.39, 0.29) is 39.2 Å². The third-order valence-corrected chi connectivity index (χ3v) is 6.04. The lowest BCUT2D eigenvalue weighted by Gasteiger charge is -2.12. The number of carbonyl (C=O) groups is 1. The maximum Gasteiger partial charge on any atom is 0.261 e. The molecule has 0 spiro atoms. The number of nitrogens with one attached hydrogen (secondary N) is 2. The first-order valence-electron chi connectivity index (χ1n) is 9.50. The zero-order chi connectivity index (χ0) is 24.0. The van der Waals surface area contributed by atoms with E-state index in [4.69, 9.17) is 21.1 Å². The predicted octanol–water partition coefficient (Wildman–Crippen LogP) is 4.70. The van der Waals surface area contributed by atoms with Crippen LogP contribution in [0.2, 0.25) is 5.02 Å². The average molecular weight is 497 g/mol. The van der Waals surface area contributed by atoms with E-state index < -0.39 is 27.6 Å². The highest BCUT2D eigenvalue weighted by Gasteiger charge is 2.18. The minimum absolute atomic E-state index is 0.00836. The van der Waals surface area contributed by atoms with Crippen molar-refractivity contribution in [2.24, 2.45) is 0 Å². The lowest BCUT2D eigenvalue weighted by molar-refractivity contribution is 0.102. The second-order valence-electron chi connectivity index (χ2n) is 6.69. The van der Waals surface area contributed by atoms with Crippen molar-refractivity contribution in [2.45, 2.75) is 4.90 Å². The minimum Gasteiger partial charge on any atom is -0.488 e. The Balaban J connectivity index is 1.75. The molecule has 0 radical (unpaired) electrons. The van der Waals surface area contributed by atoms with Crippen LogP contribution in [0.15, 0.2) is 65.6 Å². The summed E-state index contributed by atoms with van der Waals surface area (Å²) in [5, 5.41) is 2.56. The Bertz CT molecular complexity index is 1250. The first kappa shape index (κ1) is 24.4. The van der Waals surface area contributed by atoms with Crippen molar-refractivity contribution >= 4 is 38.9 Å². The van der Waals surface area contributed by atoms with Crippen molar-refractivity contribution in [1.82, 2.24) is 0 Å². The normalized spacial score (nSPS) is 11.2. The molecule has 0 aliphatic heterocycles. The molecular formula is C22H19ClF2N2O5S. The van der Waals surface area contributed by atoms with Crippen LogP contribution in [0.3, 0.4) is 0 Å². The first-order chi connectivity index (χ1) is 15.7. The molecule has 0 bridgehead atoms. The van der Waals surface area contributed by atoms with Gasteiger partial charge in [0.1, 0.15) is 12.4 Å². The van der Waals surface area contributed by atoms with E-state index >= 15 is 0 Å². The Hall–Kier alpha value is -3.21. The van der Waals surface area contributed by atoms with Gasteiger partial charge in [-0.15, -0.1) is 0 Å². The van der Waals surface area contributed by atoms with E-state index in [0.717, 1.165) is 30.3 Å². The molecule has 174 valence electrons. The molecule has 0 fully saturated rings. The average Bonchev–Trinajstić information content (AvgIpc) is 2.77. The fourth-order valence-electron chi connectivity index (χ4n) is 2.70. The lowest BCUT2D eigenvalue weighted by atomic mass is 10.2. The highest BCUT2D eigenvalue weighted by Crippen LogP contribution is 2.27. The maximum atomic E-state index is 14.2. The van der Waals surface area contributed by atoms with Gasteiger partial charge in [0.15, 0.2) is 11.6 Å². The van der Waals surface area contributed by atoms with E-state index in [1.165, 1.54) is 37.4 Å². The van der Waals surface area contributed by atoms with Crippen molar-refractivity contribution in [2.75, 3.05) is 30.4 Å². The number of amides is 1. The number of carbonyl (C=O) groups excluding carboxylic acids is 1. The van der Waals surface area contributed by atoms with Gasteiger partial charge in [-0.1, -0.05) is 11.6 Å². The summed E-state index contributed by atoms with van der Waals surface area (Å²) in [5.74, 6) is -1.88. The van der Waals surface area contributed by atoms with Gasteiger partial charge in [-0.05, 0) is 54.6 Å². The van der Waals surface area contributed by atoms with E-state index in [0.29, 0.717) is 6.61 Å². The highest BCUT2D eigenvalue weighted by atomic mass is 35.5. The summed E-state index contributed by atoms with van der Waals surface area (Å²) in [4.78, 5) is 12.4. The minimum atomic E-state index is -4.08. The number of ether oxygens (including phenoxy) is 2. The number of methoxy groups -OCH3 is 1. The van der Waals surface area contributed by atoms with Gasteiger partial charge >= 0.3 is 0 Å². The van der Waals surface area contributed by atoms with Gasteiger partial charge in [-0.25, -0.2) is 17.2 Å². The molecule has 3 rings (SSSR count). The van der Waals surface area contributed by atoms with Crippen LogP contribution in [0.25, 0.3) is 0 Å². The fraction of sp³-hybridized carbons (Fsp3) is 0.136. The van der Waals surface area contributed by atoms with E-state index in [2.05, 4.69) is 10.0 Å². The highest BCUT2D eigenvalue weighted by molar-refractivity contribution is 7.92.